The fraction of sp³-hybridized carbons (Fsp3) is 0.167. The van der Waals surface area contributed by atoms with Crippen LogP contribution in [0.2, 0.25) is 5.02 Å². The number of rotatable bonds is 7. The molecule has 10 heteroatoms. The van der Waals surface area contributed by atoms with Gasteiger partial charge in [-0.3, -0.25) is 4.98 Å². The van der Waals surface area contributed by atoms with Gasteiger partial charge in [-0.25, -0.2) is 0 Å². The monoisotopic (exact) mass is 516 g/mol. The van der Waals surface area contributed by atoms with Crippen molar-refractivity contribution in [2.45, 2.75) is 13.1 Å². The van der Waals surface area contributed by atoms with Crippen LogP contribution in [0.15, 0.2) is 60.8 Å². The Morgan fingerprint density at radius 1 is 1.06 bits per heavy atom. The van der Waals surface area contributed by atoms with E-state index >= 15 is 0 Å². The maximum Gasteiger partial charge on any atom is 0.159 e. The van der Waals surface area contributed by atoms with E-state index in [2.05, 4.69) is 26.6 Å². The van der Waals surface area contributed by atoms with E-state index in [0.717, 1.165) is 22.0 Å². The zero-order valence-electron chi connectivity index (χ0n) is 18.5. The molecule has 0 radical (unpaired) electrons. The molecule has 1 N–H and O–H groups in total. The van der Waals surface area contributed by atoms with Crippen molar-refractivity contribution in [3.63, 3.8) is 0 Å². The van der Waals surface area contributed by atoms with Gasteiger partial charge in [-0.2, -0.15) is 5.26 Å². The van der Waals surface area contributed by atoms with Crippen molar-refractivity contribution in [2.24, 2.45) is 0 Å². The van der Waals surface area contributed by atoms with Gasteiger partial charge in [0.25, 0.3) is 0 Å². The molecule has 0 saturated heterocycles. The summed E-state index contributed by atoms with van der Waals surface area (Å²) in [6.07, 6.45) is 1.77. The van der Waals surface area contributed by atoms with Gasteiger partial charge in [0.05, 0.1) is 36.0 Å². The zero-order chi connectivity index (χ0) is 22.5. The van der Waals surface area contributed by atoms with Gasteiger partial charge >= 0.3 is 0 Å². The molecule has 2 aromatic heterocycles. The summed E-state index contributed by atoms with van der Waals surface area (Å²) in [5.41, 5.74) is 2.45. The molecule has 2 aromatic carbocycles. The lowest BCUT2D eigenvalue weighted by Gasteiger charge is -2.20. The fourth-order valence-corrected chi connectivity index (χ4v) is 3.72. The number of pyridine rings is 1. The molecule has 0 amide bonds. The summed E-state index contributed by atoms with van der Waals surface area (Å²) in [6.45, 7) is 1.08. The van der Waals surface area contributed by atoms with Gasteiger partial charge in [0, 0.05) is 30.6 Å². The number of hydrogen-bond acceptors (Lipinski definition) is 7. The highest BCUT2D eigenvalue weighted by atomic mass is 35.5. The summed E-state index contributed by atoms with van der Waals surface area (Å²) in [7, 11) is 3.53. The van der Waals surface area contributed by atoms with Crippen molar-refractivity contribution in [1.29, 1.82) is 5.26 Å². The summed E-state index contributed by atoms with van der Waals surface area (Å²) in [6, 6.07) is 19.1. The molecule has 176 valence electrons. The van der Waals surface area contributed by atoms with E-state index in [1.165, 1.54) is 0 Å². The summed E-state index contributed by atoms with van der Waals surface area (Å²) < 4.78 is 5.21. The fourth-order valence-electron chi connectivity index (χ4n) is 3.44. The first-order valence-electron chi connectivity index (χ1n) is 9.97. The molecular weight excluding hydrogens is 495 g/mol. The normalized spacial score (nSPS) is 9.94. The number of nitrogens with one attached hydrogen (secondary N) is 1. The Kier molecular flexibility index (Phi) is 9.69. The quantitative estimate of drug-likeness (QED) is 0.339. The largest absolute Gasteiger partial charge is 0.495 e. The number of halogens is 3. The standard InChI is InChI=1S/C24H21ClN6O.2ClH/c1-31(15-18-5-3-4-10-27-18)24-19-8-6-16(13-26)11-20(19)23(29-30-24)28-14-17-7-9-22(32-2)21(25)12-17;;/h3-12H,14-15H2,1-2H3,(H,28,29);2*1H. The lowest BCUT2D eigenvalue weighted by Crippen LogP contribution is -2.19. The summed E-state index contributed by atoms with van der Waals surface area (Å²) in [5, 5.41) is 23.9. The van der Waals surface area contributed by atoms with Gasteiger partial charge < -0.3 is 15.0 Å². The van der Waals surface area contributed by atoms with Crippen LogP contribution in [0.3, 0.4) is 0 Å². The third kappa shape index (κ3) is 5.97. The lowest BCUT2D eigenvalue weighted by atomic mass is 10.1. The molecule has 0 saturated carbocycles. The van der Waals surface area contributed by atoms with Crippen LogP contribution in [0, 0.1) is 11.3 Å². The van der Waals surface area contributed by atoms with Crippen LogP contribution >= 0.6 is 36.4 Å². The van der Waals surface area contributed by atoms with Crippen molar-refractivity contribution in [3.05, 3.63) is 82.6 Å². The van der Waals surface area contributed by atoms with E-state index in [1.807, 2.05) is 60.5 Å². The third-order valence-corrected chi connectivity index (χ3v) is 5.35. The van der Waals surface area contributed by atoms with Crippen molar-refractivity contribution < 1.29 is 4.74 Å². The Morgan fingerprint density at radius 2 is 1.88 bits per heavy atom. The van der Waals surface area contributed by atoms with Crippen LogP contribution in [0.4, 0.5) is 11.6 Å². The Morgan fingerprint density at radius 3 is 2.56 bits per heavy atom. The minimum absolute atomic E-state index is 0. The first-order chi connectivity index (χ1) is 15.6. The van der Waals surface area contributed by atoms with Gasteiger partial charge in [0.15, 0.2) is 11.6 Å². The maximum atomic E-state index is 9.40. The molecule has 0 aliphatic heterocycles. The number of nitrogens with zero attached hydrogens (tertiary/aromatic N) is 5. The van der Waals surface area contributed by atoms with Gasteiger partial charge in [-0.05, 0) is 48.0 Å². The molecule has 0 aliphatic rings. The molecule has 4 aromatic rings. The summed E-state index contributed by atoms with van der Waals surface area (Å²) >= 11 is 6.24. The number of aromatic nitrogens is 3. The average molecular weight is 518 g/mol. The van der Waals surface area contributed by atoms with Crippen molar-refractivity contribution in [1.82, 2.24) is 15.2 Å². The molecule has 4 rings (SSSR count). The maximum absolute atomic E-state index is 9.40. The summed E-state index contributed by atoms with van der Waals surface area (Å²) in [4.78, 5) is 6.38. The highest BCUT2D eigenvalue weighted by molar-refractivity contribution is 6.32. The first-order valence-corrected chi connectivity index (χ1v) is 10.3. The molecule has 0 atom stereocenters. The molecule has 0 fully saturated rings. The van der Waals surface area contributed by atoms with E-state index in [-0.39, 0.29) is 24.8 Å². The van der Waals surface area contributed by atoms with Crippen LogP contribution in [-0.4, -0.2) is 29.3 Å². The highest BCUT2D eigenvalue weighted by Gasteiger charge is 2.14. The number of ether oxygens (including phenoxy) is 1. The van der Waals surface area contributed by atoms with Gasteiger partial charge in [-0.15, -0.1) is 35.0 Å². The smallest absolute Gasteiger partial charge is 0.159 e. The molecule has 0 bridgehead atoms. The number of anilines is 2. The van der Waals surface area contributed by atoms with E-state index in [9.17, 15) is 5.26 Å². The van der Waals surface area contributed by atoms with Crippen molar-refractivity contribution >= 4 is 58.8 Å². The number of nitriles is 1. The molecular formula is C24H23Cl3N6O. The SMILES string of the molecule is COc1ccc(CNc2nnc(N(C)Cc3ccccn3)c3ccc(C#N)cc23)cc1Cl.Cl.Cl. The number of methoxy groups -OCH3 is 1. The second-order valence-corrected chi connectivity index (χ2v) is 7.65. The average Bonchev–Trinajstić information content (AvgIpc) is 2.82. The third-order valence-electron chi connectivity index (χ3n) is 5.05. The van der Waals surface area contributed by atoms with Gasteiger partial charge in [0.1, 0.15) is 5.75 Å². The van der Waals surface area contributed by atoms with Crippen LogP contribution in [0.25, 0.3) is 10.8 Å². The molecule has 7 nitrogen and oxygen atoms in total. The number of benzene rings is 2. The van der Waals surface area contributed by atoms with E-state index < -0.39 is 0 Å². The van der Waals surface area contributed by atoms with Crippen LogP contribution in [0.1, 0.15) is 16.8 Å². The second-order valence-electron chi connectivity index (χ2n) is 7.24. The second kappa shape index (κ2) is 12.2. The molecule has 0 unspecified atom stereocenters. The Hall–Kier alpha value is -3.31. The molecule has 2 heterocycles. The number of hydrogen-bond donors (Lipinski definition) is 1. The van der Waals surface area contributed by atoms with Gasteiger partial charge in [-0.1, -0.05) is 23.7 Å². The van der Waals surface area contributed by atoms with E-state index in [0.29, 0.717) is 41.1 Å². The van der Waals surface area contributed by atoms with Crippen LogP contribution in [-0.2, 0) is 13.1 Å². The first kappa shape index (κ1) is 26.9. The Balaban J connectivity index is 0.00000204. The Bertz CT molecular complexity index is 1300. The van der Waals surface area contributed by atoms with Crippen LogP contribution < -0.4 is 15.0 Å². The highest BCUT2D eigenvalue weighted by Crippen LogP contribution is 2.30. The van der Waals surface area contributed by atoms with Crippen molar-refractivity contribution in [3.8, 4) is 11.8 Å². The minimum Gasteiger partial charge on any atom is -0.495 e. The topological polar surface area (TPSA) is 87.0 Å². The minimum atomic E-state index is 0. The zero-order valence-corrected chi connectivity index (χ0v) is 20.9. The number of fused-ring (bicyclic) bond motifs is 1. The predicted octanol–water partition coefficient (Wildman–Crippen LogP) is 5.65. The molecule has 0 aliphatic carbocycles. The van der Waals surface area contributed by atoms with E-state index in [1.54, 1.807) is 19.4 Å². The van der Waals surface area contributed by atoms with E-state index in [4.69, 9.17) is 16.3 Å². The Labute approximate surface area is 215 Å². The molecule has 0 spiro atoms. The van der Waals surface area contributed by atoms with Crippen LogP contribution in [0.5, 0.6) is 5.75 Å². The predicted molar refractivity (Wildman–Crippen MR) is 140 cm³/mol. The molecule has 34 heavy (non-hydrogen) atoms. The lowest BCUT2D eigenvalue weighted by molar-refractivity contribution is 0.415. The van der Waals surface area contributed by atoms with Crippen molar-refractivity contribution in [2.75, 3.05) is 24.4 Å². The van der Waals surface area contributed by atoms with Gasteiger partial charge in [0.2, 0.25) is 0 Å². The summed E-state index contributed by atoms with van der Waals surface area (Å²) in [5.74, 6) is 1.94.